The number of thiazole rings is 1. The number of fused-ring (bicyclic) bond motifs is 1. The van der Waals surface area contributed by atoms with Crippen LogP contribution in [0.2, 0.25) is 0 Å². The molecule has 0 aliphatic carbocycles. The van der Waals surface area contributed by atoms with Crippen LogP contribution < -0.4 is 4.74 Å². The summed E-state index contributed by atoms with van der Waals surface area (Å²) in [6.45, 7) is 3.06. The van der Waals surface area contributed by atoms with Crippen LogP contribution in [0.5, 0.6) is 5.75 Å². The lowest BCUT2D eigenvalue weighted by Gasteiger charge is -2.07. The normalized spacial score (nSPS) is 11.2. The van der Waals surface area contributed by atoms with E-state index in [9.17, 15) is 9.18 Å². The third-order valence-electron chi connectivity index (χ3n) is 2.67. The zero-order chi connectivity index (χ0) is 13.3. The van der Waals surface area contributed by atoms with Crippen LogP contribution in [0.25, 0.3) is 10.2 Å². The van der Waals surface area contributed by atoms with Gasteiger partial charge in [0.2, 0.25) is 0 Å². The van der Waals surface area contributed by atoms with E-state index < -0.39 is 6.67 Å². The molecule has 5 heteroatoms. The fourth-order valence-electron chi connectivity index (χ4n) is 1.75. The van der Waals surface area contributed by atoms with Gasteiger partial charge in [0.15, 0.2) is 5.78 Å². The van der Waals surface area contributed by atoms with Gasteiger partial charge in [0.05, 0.1) is 11.8 Å². The molecular formula is C13H14FNO2S. The maximum Gasteiger partial charge on any atom is 0.166 e. The molecule has 3 nitrogen and oxygen atoms in total. The topological polar surface area (TPSA) is 39.2 Å². The number of aromatic nitrogens is 1. The highest BCUT2D eigenvalue weighted by Gasteiger charge is 2.19. The third kappa shape index (κ3) is 2.10. The first kappa shape index (κ1) is 13.0. The van der Waals surface area contributed by atoms with Crippen LogP contribution in [0.1, 0.15) is 29.2 Å². The number of nitrogens with zero attached hydrogens (tertiary/aromatic N) is 1. The number of methoxy groups -OCH3 is 1. The molecule has 0 radical (unpaired) electrons. The van der Waals surface area contributed by atoms with Gasteiger partial charge in [0.25, 0.3) is 0 Å². The standard InChI is InChI=1S/C13H14FNO2S/c1-7(2)12(16)8-4-5-9(17-3)11-13(8)18-10(6-14)15-11/h4-5,7H,6H2,1-3H3. The van der Waals surface area contributed by atoms with Crippen LogP contribution in [-0.2, 0) is 6.67 Å². The molecule has 0 saturated heterocycles. The zero-order valence-corrected chi connectivity index (χ0v) is 11.3. The zero-order valence-electron chi connectivity index (χ0n) is 10.5. The minimum Gasteiger partial charge on any atom is -0.494 e. The molecule has 1 aromatic carbocycles. The van der Waals surface area contributed by atoms with Crippen molar-refractivity contribution < 1.29 is 13.9 Å². The van der Waals surface area contributed by atoms with E-state index in [1.54, 1.807) is 12.1 Å². The number of hydrogen-bond donors (Lipinski definition) is 0. The van der Waals surface area contributed by atoms with Gasteiger partial charge in [-0.15, -0.1) is 11.3 Å². The molecule has 0 N–H and O–H groups in total. The number of alkyl halides is 1. The van der Waals surface area contributed by atoms with Crippen molar-refractivity contribution in [2.24, 2.45) is 5.92 Å². The largest absolute Gasteiger partial charge is 0.494 e. The summed E-state index contributed by atoms with van der Waals surface area (Å²) in [5.74, 6) is 0.510. The first-order valence-electron chi connectivity index (χ1n) is 5.65. The van der Waals surface area contributed by atoms with Gasteiger partial charge < -0.3 is 4.74 Å². The van der Waals surface area contributed by atoms with Crippen LogP contribution in [-0.4, -0.2) is 17.9 Å². The molecule has 96 valence electrons. The average molecular weight is 267 g/mol. The number of rotatable bonds is 4. The highest BCUT2D eigenvalue weighted by atomic mass is 32.1. The van der Waals surface area contributed by atoms with Crippen molar-refractivity contribution in [2.45, 2.75) is 20.5 Å². The van der Waals surface area contributed by atoms with Gasteiger partial charge in [-0.05, 0) is 12.1 Å². The first-order valence-corrected chi connectivity index (χ1v) is 6.46. The number of hydrogen-bond acceptors (Lipinski definition) is 4. The molecular weight excluding hydrogens is 253 g/mol. The third-order valence-corrected chi connectivity index (χ3v) is 3.73. The predicted octanol–water partition coefficient (Wildman–Crippen LogP) is 3.61. The SMILES string of the molecule is COc1ccc(C(=O)C(C)C)c2sc(CF)nc12. The van der Waals surface area contributed by atoms with E-state index in [-0.39, 0.29) is 11.7 Å². The van der Waals surface area contributed by atoms with Crippen molar-refractivity contribution in [1.29, 1.82) is 0 Å². The van der Waals surface area contributed by atoms with Gasteiger partial charge in [0.1, 0.15) is 22.9 Å². The number of carbonyl (C=O) groups excluding carboxylic acids is 1. The van der Waals surface area contributed by atoms with Crippen LogP contribution in [0, 0.1) is 5.92 Å². The molecule has 0 bridgehead atoms. The lowest BCUT2D eigenvalue weighted by atomic mass is 10.0. The summed E-state index contributed by atoms with van der Waals surface area (Å²) in [5, 5.41) is 0.368. The molecule has 0 saturated carbocycles. The minimum atomic E-state index is -0.627. The molecule has 1 aromatic heterocycles. The monoisotopic (exact) mass is 267 g/mol. The van der Waals surface area contributed by atoms with Crippen molar-refractivity contribution in [2.75, 3.05) is 7.11 Å². The molecule has 2 aromatic rings. The number of ether oxygens (including phenoxy) is 1. The van der Waals surface area contributed by atoms with Crippen LogP contribution >= 0.6 is 11.3 Å². The molecule has 0 atom stereocenters. The lowest BCUT2D eigenvalue weighted by molar-refractivity contribution is 0.0941. The lowest BCUT2D eigenvalue weighted by Crippen LogP contribution is -2.07. The molecule has 2 rings (SSSR count). The maximum absolute atomic E-state index is 12.7. The molecule has 0 aliphatic heterocycles. The van der Waals surface area contributed by atoms with Crippen LogP contribution in [0.15, 0.2) is 12.1 Å². The Hall–Kier alpha value is -1.49. The van der Waals surface area contributed by atoms with Crippen molar-refractivity contribution >= 4 is 27.3 Å². The summed E-state index contributed by atoms with van der Waals surface area (Å²) < 4.78 is 18.6. The summed E-state index contributed by atoms with van der Waals surface area (Å²) in [7, 11) is 1.53. The summed E-state index contributed by atoms with van der Waals surface area (Å²) in [4.78, 5) is 16.3. The Morgan fingerprint density at radius 1 is 1.50 bits per heavy atom. The Balaban J connectivity index is 2.69. The summed E-state index contributed by atoms with van der Waals surface area (Å²) in [6.07, 6.45) is 0. The molecule has 0 spiro atoms. The maximum atomic E-state index is 12.7. The number of benzene rings is 1. The van der Waals surface area contributed by atoms with Crippen LogP contribution in [0.3, 0.4) is 0 Å². The molecule has 0 unspecified atom stereocenters. The first-order chi connectivity index (χ1) is 8.58. The fraction of sp³-hybridized carbons (Fsp3) is 0.385. The van der Waals surface area contributed by atoms with Gasteiger partial charge in [0, 0.05) is 11.5 Å². The average Bonchev–Trinajstić information content (AvgIpc) is 2.80. The number of halogens is 1. The Morgan fingerprint density at radius 2 is 2.22 bits per heavy atom. The Morgan fingerprint density at radius 3 is 2.78 bits per heavy atom. The predicted molar refractivity (Wildman–Crippen MR) is 70.2 cm³/mol. The van der Waals surface area contributed by atoms with Gasteiger partial charge in [-0.1, -0.05) is 13.8 Å². The number of ketones is 1. The summed E-state index contributed by atoms with van der Waals surface area (Å²) in [5.41, 5.74) is 1.17. The Labute approximate surface area is 109 Å². The van der Waals surface area contributed by atoms with E-state index in [1.807, 2.05) is 13.8 Å². The molecule has 18 heavy (non-hydrogen) atoms. The summed E-state index contributed by atoms with van der Waals surface area (Å²) >= 11 is 1.21. The van der Waals surface area contributed by atoms with Gasteiger partial charge in [-0.25, -0.2) is 9.37 Å². The van der Waals surface area contributed by atoms with Crippen LogP contribution in [0.4, 0.5) is 4.39 Å². The highest BCUT2D eigenvalue weighted by Crippen LogP contribution is 2.34. The number of carbonyl (C=O) groups is 1. The Bertz CT molecular complexity index is 592. The second-order valence-electron chi connectivity index (χ2n) is 4.25. The number of Topliss-reactive ketones (excluding diaryl/α,β-unsaturated/α-hetero) is 1. The van der Waals surface area contributed by atoms with Gasteiger partial charge in [-0.2, -0.15) is 0 Å². The van der Waals surface area contributed by atoms with E-state index >= 15 is 0 Å². The smallest absolute Gasteiger partial charge is 0.166 e. The van der Waals surface area contributed by atoms with Crippen molar-refractivity contribution in [3.8, 4) is 5.75 Å². The molecule has 1 heterocycles. The Kier molecular flexibility index (Phi) is 3.61. The van der Waals surface area contributed by atoms with Crippen molar-refractivity contribution in [1.82, 2.24) is 4.98 Å². The quantitative estimate of drug-likeness (QED) is 0.794. The second-order valence-corrected chi connectivity index (χ2v) is 5.34. The van der Waals surface area contributed by atoms with Crippen molar-refractivity contribution in [3.05, 3.63) is 22.7 Å². The van der Waals surface area contributed by atoms with Gasteiger partial charge in [-0.3, -0.25) is 4.79 Å². The molecule has 0 aliphatic rings. The van der Waals surface area contributed by atoms with E-state index in [0.29, 0.717) is 26.5 Å². The minimum absolute atomic E-state index is 0.0386. The summed E-state index contributed by atoms with van der Waals surface area (Å²) in [6, 6.07) is 3.43. The van der Waals surface area contributed by atoms with Gasteiger partial charge >= 0.3 is 0 Å². The van der Waals surface area contributed by atoms with E-state index in [0.717, 1.165) is 0 Å². The van der Waals surface area contributed by atoms with Crippen molar-refractivity contribution in [3.63, 3.8) is 0 Å². The van der Waals surface area contributed by atoms with E-state index in [2.05, 4.69) is 4.98 Å². The highest BCUT2D eigenvalue weighted by molar-refractivity contribution is 7.19. The molecule has 0 amide bonds. The second kappa shape index (κ2) is 5.02. The fourth-order valence-corrected chi connectivity index (χ4v) is 2.70. The van der Waals surface area contributed by atoms with E-state index in [1.165, 1.54) is 18.4 Å². The molecule has 0 fully saturated rings. The van der Waals surface area contributed by atoms with E-state index in [4.69, 9.17) is 4.74 Å².